The van der Waals surface area contributed by atoms with Gasteiger partial charge < -0.3 is 10.1 Å². The average Bonchev–Trinajstić information content (AvgIpc) is 2.71. The molecule has 1 aliphatic carbocycles. The molecule has 2 atom stereocenters. The van der Waals surface area contributed by atoms with Crippen molar-refractivity contribution in [3.05, 3.63) is 89.5 Å². The molecule has 1 aromatic heterocycles. The lowest BCUT2D eigenvalue weighted by atomic mass is 9.66. The molecular weight excluding hydrogens is 376 g/mol. The highest BCUT2D eigenvalue weighted by molar-refractivity contribution is 6.00. The van der Waals surface area contributed by atoms with Gasteiger partial charge in [-0.2, -0.15) is 0 Å². The normalized spacial score (nSPS) is 22.9. The molecular formula is C25H26N2O3. The van der Waals surface area contributed by atoms with Crippen LogP contribution in [0.3, 0.4) is 0 Å². The summed E-state index contributed by atoms with van der Waals surface area (Å²) >= 11 is 0. The molecule has 2 aromatic rings. The number of carbonyl (C=O) groups excluding carboxylic acids is 2. The van der Waals surface area contributed by atoms with E-state index < -0.39 is 11.8 Å². The van der Waals surface area contributed by atoms with Crippen LogP contribution in [0, 0.1) is 11.3 Å². The third-order valence-corrected chi connectivity index (χ3v) is 5.79. The zero-order valence-corrected chi connectivity index (χ0v) is 17.4. The maximum Gasteiger partial charge on any atom is 0.316 e. The van der Waals surface area contributed by atoms with Gasteiger partial charge in [-0.1, -0.05) is 50.8 Å². The van der Waals surface area contributed by atoms with Crippen molar-refractivity contribution in [2.75, 3.05) is 0 Å². The Morgan fingerprint density at radius 3 is 2.57 bits per heavy atom. The predicted octanol–water partition coefficient (Wildman–Crippen LogP) is 4.28. The molecule has 0 spiro atoms. The molecule has 0 bridgehead atoms. The van der Waals surface area contributed by atoms with Crippen molar-refractivity contribution in [2.45, 2.75) is 39.2 Å². The SMILES string of the molecule is C=C1NC2=C(C(=O)CC(C)(C)C2)C(c2ccncc2)C1C(=O)OCc1ccccc1. The number of nitrogens with zero attached hydrogens (tertiary/aromatic N) is 1. The minimum atomic E-state index is -0.681. The first-order chi connectivity index (χ1) is 14.4. The molecule has 0 radical (unpaired) electrons. The Kier molecular flexibility index (Phi) is 5.29. The number of nitrogens with one attached hydrogen (secondary N) is 1. The van der Waals surface area contributed by atoms with Crippen molar-refractivity contribution >= 4 is 11.8 Å². The summed E-state index contributed by atoms with van der Waals surface area (Å²) in [5.41, 5.74) is 3.77. The van der Waals surface area contributed by atoms with Crippen molar-refractivity contribution in [1.29, 1.82) is 0 Å². The fraction of sp³-hybridized carbons (Fsp3) is 0.320. The van der Waals surface area contributed by atoms with E-state index in [1.54, 1.807) is 12.4 Å². The topological polar surface area (TPSA) is 68.3 Å². The highest BCUT2D eigenvalue weighted by Gasteiger charge is 2.46. The summed E-state index contributed by atoms with van der Waals surface area (Å²) in [7, 11) is 0. The Morgan fingerprint density at radius 2 is 1.87 bits per heavy atom. The first kappa shape index (κ1) is 20.1. The van der Waals surface area contributed by atoms with Crippen LogP contribution in [0.5, 0.6) is 0 Å². The molecule has 2 aliphatic rings. The van der Waals surface area contributed by atoms with Crippen LogP contribution >= 0.6 is 0 Å². The van der Waals surface area contributed by atoms with E-state index in [1.807, 2.05) is 42.5 Å². The number of Topliss-reactive ketones (excluding diaryl/α,β-unsaturated/α-hetero) is 1. The van der Waals surface area contributed by atoms with Gasteiger partial charge in [0.25, 0.3) is 0 Å². The van der Waals surface area contributed by atoms with E-state index in [-0.39, 0.29) is 23.8 Å². The van der Waals surface area contributed by atoms with Crippen molar-refractivity contribution in [2.24, 2.45) is 11.3 Å². The minimum Gasteiger partial charge on any atom is -0.460 e. The van der Waals surface area contributed by atoms with Gasteiger partial charge in [0.15, 0.2) is 5.78 Å². The van der Waals surface area contributed by atoms with Crippen LogP contribution in [0.2, 0.25) is 0 Å². The molecule has 1 N–H and O–H groups in total. The maximum absolute atomic E-state index is 13.2. The second kappa shape index (κ2) is 7.90. The molecule has 0 fully saturated rings. The third kappa shape index (κ3) is 3.92. The fourth-order valence-electron chi connectivity index (χ4n) is 4.47. The predicted molar refractivity (Wildman–Crippen MR) is 114 cm³/mol. The van der Waals surface area contributed by atoms with Crippen molar-refractivity contribution < 1.29 is 14.3 Å². The zero-order chi connectivity index (χ0) is 21.3. The largest absolute Gasteiger partial charge is 0.460 e. The van der Waals surface area contributed by atoms with E-state index in [0.717, 1.165) is 23.2 Å². The Labute approximate surface area is 176 Å². The molecule has 1 aromatic carbocycles. The smallest absolute Gasteiger partial charge is 0.316 e. The number of esters is 1. The van der Waals surface area contributed by atoms with Crippen molar-refractivity contribution in [3.8, 4) is 0 Å². The van der Waals surface area contributed by atoms with Crippen LogP contribution in [0.15, 0.2) is 78.4 Å². The number of ketones is 1. The van der Waals surface area contributed by atoms with E-state index in [2.05, 4.69) is 30.7 Å². The summed E-state index contributed by atoms with van der Waals surface area (Å²) in [6.45, 7) is 8.49. The van der Waals surface area contributed by atoms with Gasteiger partial charge in [0, 0.05) is 41.7 Å². The molecule has 2 unspecified atom stereocenters. The first-order valence-corrected chi connectivity index (χ1v) is 10.2. The van der Waals surface area contributed by atoms with E-state index in [9.17, 15) is 9.59 Å². The highest BCUT2D eigenvalue weighted by Crippen LogP contribution is 2.48. The molecule has 0 amide bonds. The highest BCUT2D eigenvalue weighted by atomic mass is 16.5. The second-order valence-electron chi connectivity index (χ2n) is 8.81. The number of aromatic nitrogens is 1. The molecule has 5 nitrogen and oxygen atoms in total. The molecule has 154 valence electrons. The summed E-state index contributed by atoms with van der Waals surface area (Å²) < 4.78 is 5.66. The van der Waals surface area contributed by atoms with Gasteiger partial charge in [0.1, 0.15) is 12.5 Å². The van der Waals surface area contributed by atoms with Crippen LogP contribution < -0.4 is 5.32 Å². The zero-order valence-electron chi connectivity index (χ0n) is 17.4. The number of hydrogen-bond donors (Lipinski definition) is 1. The minimum absolute atomic E-state index is 0.0731. The third-order valence-electron chi connectivity index (χ3n) is 5.79. The number of ether oxygens (including phenoxy) is 1. The lowest BCUT2D eigenvalue weighted by Gasteiger charge is -2.42. The Morgan fingerprint density at radius 1 is 1.17 bits per heavy atom. The van der Waals surface area contributed by atoms with Crippen molar-refractivity contribution in [3.63, 3.8) is 0 Å². The van der Waals surface area contributed by atoms with Gasteiger partial charge in [-0.25, -0.2) is 0 Å². The molecule has 0 saturated heterocycles. The summed E-state index contributed by atoms with van der Waals surface area (Å²) in [5, 5.41) is 3.28. The lowest BCUT2D eigenvalue weighted by Crippen LogP contribution is -2.43. The summed E-state index contributed by atoms with van der Waals surface area (Å²) in [5.74, 6) is -1.42. The van der Waals surface area contributed by atoms with Crippen LogP contribution in [0.25, 0.3) is 0 Å². The van der Waals surface area contributed by atoms with Crippen LogP contribution in [-0.4, -0.2) is 16.7 Å². The number of hydrogen-bond acceptors (Lipinski definition) is 5. The van der Waals surface area contributed by atoms with Crippen LogP contribution in [0.1, 0.15) is 43.7 Å². The molecule has 1 aliphatic heterocycles. The second-order valence-corrected chi connectivity index (χ2v) is 8.81. The van der Waals surface area contributed by atoms with Gasteiger partial charge >= 0.3 is 5.97 Å². The van der Waals surface area contributed by atoms with Crippen LogP contribution in [0.4, 0.5) is 0 Å². The number of benzene rings is 1. The first-order valence-electron chi connectivity index (χ1n) is 10.2. The lowest BCUT2D eigenvalue weighted by molar-refractivity contribution is -0.149. The fourth-order valence-corrected chi connectivity index (χ4v) is 4.47. The quantitative estimate of drug-likeness (QED) is 0.773. The van der Waals surface area contributed by atoms with Gasteiger partial charge in [-0.3, -0.25) is 14.6 Å². The molecule has 2 heterocycles. The van der Waals surface area contributed by atoms with Crippen LogP contribution in [-0.2, 0) is 20.9 Å². The summed E-state index contributed by atoms with van der Waals surface area (Å²) in [6, 6.07) is 13.3. The van der Waals surface area contributed by atoms with E-state index in [1.165, 1.54) is 0 Å². The summed E-state index contributed by atoms with van der Waals surface area (Å²) in [4.78, 5) is 30.5. The van der Waals surface area contributed by atoms with E-state index in [0.29, 0.717) is 17.7 Å². The molecule has 0 saturated carbocycles. The van der Waals surface area contributed by atoms with E-state index >= 15 is 0 Å². The Bertz CT molecular complexity index is 1010. The monoisotopic (exact) mass is 402 g/mol. The average molecular weight is 402 g/mol. The number of rotatable bonds is 4. The Hall–Kier alpha value is -3.21. The Balaban J connectivity index is 1.70. The maximum atomic E-state index is 13.2. The number of carbonyl (C=O) groups is 2. The van der Waals surface area contributed by atoms with Gasteiger partial charge in [0.05, 0.1) is 0 Å². The van der Waals surface area contributed by atoms with Gasteiger partial charge in [-0.15, -0.1) is 0 Å². The molecule has 4 rings (SSSR count). The van der Waals surface area contributed by atoms with Gasteiger partial charge in [0.2, 0.25) is 0 Å². The molecule has 30 heavy (non-hydrogen) atoms. The van der Waals surface area contributed by atoms with E-state index in [4.69, 9.17) is 4.74 Å². The summed E-state index contributed by atoms with van der Waals surface area (Å²) in [6.07, 6.45) is 4.56. The standard InChI is InChI=1S/C25H26N2O3/c1-16-21(24(29)30-15-17-7-5-4-6-8-17)22(18-9-11-26-12-10-18)23-19(27-16)13-25(2,3)14-20(23)28/h4-12,21-22,27H,1,13-15H2,2-3H3. The van der Waals surface area contributed by atoms with Crippen molar-refractivity contribution in [1.82, 2.24) is 10.3 Å². The number of allylic oxidation sites excluding steroid dienone is 2. The molecule has 5 heteroatoms. The number of pyridine rings is 1. The van der Waals surface area contributed by atoms with Gasteiger partial charge in [-0.05, 0) is 35.1 Å².